The molecule has 63 heavy (non-hydrogen) atoms. The van der Waals surface area contributed by atoms with Crippen molar-refractivity contribution in [2.75, 3.05) is 15.2 Å². The number of aromatic nitrogens is 4. The first kappa shape index (κ1) is 48.0. The molecule has 0 radical (unpaired) electrons. The number of hydrogen-bond donors (Lipinski definition) is 3. The number of sulfonamides is 2. The lowest BCUT2D eigenvalue weighted by Crippen LogP contribution is -2.18. The quantitative estimate of drug-likeness (QED) is 0.0982. The van der Waals surface area contributed by atoms with Gasteiger partial charge in [0, 0.05) is 24.5 Å². The fraction of sp³-hybridized carbons (Fsp3) is 0.222. The van der Waals surface area contributed by atoms with Gasteiger partial charge in [0.05, 0.1) is 31.2 Å². The second-order valence-corrected chi connectivity index (χ2v) is 20.6. The summed E-state index contributed by atoms with van der Waals surface area (Å²) in [5.74, 6) is -1.11. The van der Waals surface area contributed by atoms with E-state index >= 15 is 0 Å². The Kier molecular flexibility index (Phi) is 14.6. The molecular formula is C45H45Cl2N7O7S2. The third kappa shape index (κ3) is 12.5. The summed E-state index contributed by atoms with van der Waals surface area (Å²) < 4.78 is 56.7. The Morgan fingerprint density at radius 2 is 1.00 bits per heavy atom. The number of nitrogens with two attached hydrogens (primary N) is 1. The van der Waals surface area contributed by atoms with E-state index in [0.29, 0.717) is 5.69 Å². The zero-order valence-electron chi connectivity index (χ0n) is 35.4. The van der Waals surface area contributed by atoms with Crippen LogP contribution in [0.1, 0.15) is 97.7 Å². The summed E-state index contributed by atoms with van der Waals surface area (Å²) in [6, 6.07) is 25.0. The number of halogens is 2. The van der Waals surface area contributed by atoms with Gasteiger partial charge in [0.1, 0.15) is 34.4 Å². The molecule has 0 aliphatic carbocycles. The molecule has 0 bridgehead atoms. The number of rotatable bonds is 12. The number of nitrogens with zero attached hydrogens (tertiary/aromatic N) is 4. The van der Waals surface area contributed by atoms with E-state index in [9.17, 15) is 31.2 Å². The van der Waals surface area contributed by atoms with Gasteiger partial charge in [-0.3, -0.25) is 23.8 Å². The van der Waals surface area contributed by atoms with Crippen LogP contribution >= 0.6 is 23.2 Å². The maximum atomic E-state index is 13.1. The van der Waals surface area contributed by atoms with Crippen LogP contribution in [0.5, 0.6) is 0 Å². The van der Waals surface area contributed by atoms with Crippen LogP contribution in [-0.2, 0) is 42.1 Å². The van der Waals surface area contributed by atoms with Gasteiger partial charge < -0.3 is 5.73 Å². The first-order chi connectivity index (χ1) is 29.3. The third-order valence-electron chi connectivity index (χ3n) is 9.16. The van der Waals surface area contributed by atoms with Crippen molar-refractivity contribution in [1.82, 2.24) is 19.9 Å². The number of carbonyl (C=O) groups excluding carboxylic acids is 3. The van der Waals surface area contributed by atoms with E-state index in [4.69, 9.17) is 28.9 Å². The van der Waals surface area contributed by atoms with Crippen molar-refractivity contribution in [2.24, 2.45) is 0 Å². The average molecular weight is 931 g/mol. The molecule has 0 amide bonds. The summed E-state index contributed by atoms with van der Waals surface area (Å²) in [6.07, 6.45) is 2.60. The Morgan fingerprint density at radius 1 is 0.603 bits per heavy atom. The molecule has 4 N–H and O–H groups in total. The van der Waals surface area contributed by atoms with Crippen molar-refractivity contribution >= 4 is 77.8 Å². The molecule has 4 heterocycles. The summed E-state index contributed by atoms with van der Waals surface area (Å²) >= 11 is 12.0. The normalized spacial score (nSPS) is 11.8. The number of benzene rings is 2. The Balaban J connectivity index is 0.000000239. The standard InChI is InChI=1S/C24H24ClN3O4S.C21H21ClN4O3S/c1-15(29)12-18-6-5-7-20(27-18)23(30)22-21(13-17(25)14-26-22)28-33(31,32)19-10-8-16(9-11-19)24(2,3)4;1-21(2,3)13-7-9-15(10-8-13)30(28,29)26-17-11-14(22)12-24-19(17)20(27)16-5-4-6-18(23)25-16/h5-11,13-14,28H,12H2,1-4H3;4-12,26H,1-3H3,(H2,23,25). The first-order valence-corrected chi connectivity index (χ1v) is 22.9. The SMILES string of the molecule is CC(=O)Cc1cccc(C(=O)c2ncc(Cl)cc2NS(=O)(=O)c2ccc(C(C)(C)C)cc2)n1.CC(C)(C)c1ccc(S(=O)(=O)Nc2cc(Cl)cnc2C(=O)c2cccc(N)n2)cc1. The van der Waals surface area contributed by atoms with Crippen LogP contribution < -0.4 is 15.2 Å². The molecule has 0 aliphatic heterocycles. The summed E-state index contributed by atoms with van der Waals surface area (Å²) in [7, 11) is -8.01. The molecule has 0 aliphatic rings. The zero-order chi connectivity index (χ0) is 46.5. The molecule has 14 nitrogen and oxygen atoms in total. The summed E-state index contributed by atoms with van der Waals surface area (Å²) in [5, 5.41) is 0.332. The van der Waals surface area contributed by atoms with Gasteiger partial charge in [-0.2, -0.15) is 0 Å². The highest BCUT2D eigenvalue weighted by atomic mass is 35.5. The highest BCUT2D eigenvalue weighted by molar-refractivity contribution is 7.93. The van der Waals surface area contributed by atoms with Crippen molar-refractivity contribution < 1.29 is 31.2 Å². The number of anilines is 3. The monoisotopic (exact) mass is 929 g/mol. The van der Waals surface area contributed by atoms with Gasteiger partial charge in [-0.15, -0.1) is 0 Å². The first-order valence-electron chi connectivity index (χ1n) is 19.2. The van der Waals surface area contributed by atoms with E-state index < -0.39 is 31.6 Å². The van der Waals surface area contributed by atoms with Crippen LogP contribution in [0.3, 0.4) is 0 Å². The Bertz CT molecular complexity index is 2920. The highest BCUT2D eigenvalue weighted by Crippen LogP contribution is 2.29. The molecule has 6 aromatic rings. The predicted octanol–water partition coefficient (Wildman–Crippen LogP) is 8.63. The minimum absolute atomic E-state index is 0.0375. The number of Topliss-reactive ketones (excluding diaryl/α,β-unsaturated/α-hetero) is 1. The smallest absolute Gasteiger partial charge is 0.261 e. The Labute approximate surface area is 376 Å². The van der Waals surface area contributed by atoms with Crippen molar-refractivity contribution in [3.05, 3.63) is 159 Å². The molecule has 0 unspecified atom stereocenters. The largest absolute Gasteiger partial charge is 0.384 e. The molecule has 0 saturated heterocycles. The van der Waals surface area contributed by atoms with E-state index in [1.165, 1.54) is 73.9 Å². The fourth-order valence-electron chi connectivity index (χ4n) is 5.85. The van der Waals surface area contributed by atoms with Gasteiger partial charge in [0.15, 0.2) is 0 Å². The van der Waals surface area contributed by atoms with Crippen LogP contribution in [0, 0.1) is 0 Å². The van der Waals surface area contributed by atoms with E-state index in [1.807, 2.05) is 41.5 Å². The van der Waals surface area contributed by atoms with Crippen LogP contribution in [0.25, 0.3) is 0 Å². The van der Waals surface area contributed by atoms with Gasteiger partial charge in [-0.05, 0) is 89.5 Å². The van der Waals surface area contributed by atoms with Crippen LogP contribution in [-0.4, -0.2) is 54.1 Å². The zero-order valence-corrected chi connectivity index (χ0v) is 38.5. The number of pyridine rings is 4. The molecule has 0 fully saturated rings. The van der Waals surface area contributed by atoms with E-state index in [1.54, 1.807) is 42.5 Å². The highest BCUT2D eigenvalue weighted by Gasteiger charge is 2.25. The maximum Gasteiger partial charge on any atom is 0.261 e. The lowest BCUT2D eigenvalue weighted by Gasteiger charge is -2.19. The minimum Gasteiger partial charge on any atom is -0.384 e. The van der Waals surface area contributed by atoms with Gasteiger partial charge >= 0.3 is 0 Å². The average Bonchev–Trinajstić information content (AvgIpc) is 3.20. The minimum atomic E-state index is -4.02. The predicted molar refractivity (Wildman–Crippen MR) is 245 cm³/mol. The molecule has 18 heteroatoms. The van der Waals surface area contributed by atoms with Gasteiger partial charge in [0.2, 0.25) is 11.6 Å². The molecule has 0 saturated carbocycles. The fourth-order valence-corrected chi connectivity index (χ4v) is 8.28. The van der Waals surface area contributed by atoms with Crippen molar-refractivity contribution in [3.8, 4) is 0 Å². The molecule has 2 aromatic carbocycles. The second kappa shape index (κ2) is 19.1. The number of hydrogen-bond acceptors (Lipinski definition) is 12. The molecule has 4 aromatic heterocycles. The van der Waals surface area contributed by atoms with Crippen molar-refractivity contribution in [1.29, 1.82) is 0 Å². The number of ketones is 3. The van der Waals surface area contributed by atoms with Crippen LogP contribution in [0.2, 0.25) is 10.0 Å². The molecular weight excluding hydrogens is 886 g/mol. The Morgan fingerprint density at radius 3 is 1.38 bits per heavy atom. The van der Waals surface area contributed by atoms with Crippen LogP contribution in [0.15, 0.2) is 119 Å². The third-order valence-corrected chi connectivity index (χ3v) is 12.3. The molecule has 6 rings (SSSR count). The molecule has 328 valence electrons. The van der Waals surface area contributed by atoms with Gasteiger partial charge in [-0.1, -0.05) is 101 Å². The Hall–Kier alpha value is -6.07. The molecule has 0 spiro atoms. The lowest BCUT2D eigenvalue weighted by molar-refractivity contribution is -0.116. The van der Waals surface area contributed by atoms with E-state index in [-0.39, 0.29) is 82.8 Å². The van der Waals surface area contributed by atoms with E-state index in [2.05, 4.69) is 29.4 Å². The lowest BCUT2D eigenvalue weighted by atomic mass is 9.87. The van der Waals surface area contributed by atoms with Crippen molar-refractivity contribution in [2.45, 2.75) is 75.5 Å². The topological polar surface area (TPSA) is 221 Å². The molecule has 0 atom stereocenters. The van der Waals surface area contributed by atoms with Gasteiger partial charge in [-0.25, -0.2) is 36.8 Å². The summed E-state index contributed by atoms with van der Waals surface area (Å²) in [5.41, 5.74) is 7.50. The van der Waals surface area contributed by atoms with Crippen molar-refractivity contribution in [3.63, 3.8) is 0 Å². The number of carbonyl (C=O) groups is 3. The van der Waals surface area contributed by atoms with E-state index in [0.717, 1.165) is 11.1 Å². The van der Waals surface area contributed by atoms with Crippen LogP contribution in [0.4, 0.5) is 17.2 Å². The maximum absolute atomic E-state index is 13.1. The number of nitrogen functional groups attached to an aromatic ring is 1. The summed E-state index contributed by atoms with van der Waals surface area (Å²) in [4.78, 5) is 53.7. The second-order valence-electron chi connectivity index (χ2n) is 16.4. The van der Waals surface area contributed by atoms with Gasteiger partial charge in [0.25, 0.3) is 20.0 Å². The summed E-state index contributed by atoms with van der Waals surface area (Å²) in [6.45, 7) is 13.6. The number of nitrogens with one attached hydrogen (secondary N) is 2.